The minimum atomic E-state index is -0.347. The van der Waals surface area contributed by atoms with Crippen LogP contribution in [-0.4, -0.2) is 23.9 Å². The van der Waals surface area contributed by atoms with Crippen molar-refractivity contribution >= 4 is 0 Å². The van der Waals surface area contributed by atoms with Crippen molar-refractivity contribution in [2.75, 3.05) is 13.7 Å². The molecule has 106 valence electrons. The molecule has 1 aromatic carbocycles. The molecule has 0 fully saturated rings. The van der Waals surface area contributed by atoms with Crippen molar-refractivity contribution in [2.24, 2.45) is 0 Å². The molecular formula is C15H18FN3O. The number of halogens is 1. The van der Waals surface area contributed by atoms with E-state index in [1.165, 1.54) is 7.11 Å². The maximum atomic E-state index is 14.4. The van der Waals surface area contributed by atoms with Crippen LogP contribution in [0.15, 0.2) is 36.7 Å². The van der Waals surface area contributed by atoms with Crippen LogP contribution in [0, 0.1) is 5.82 Å². The molecule has 2 rings (SSSR count). The summed E-state index contributed by atoms with van der Waals surface area (Å²) in [5.74, 6) is -0.103. The molecule has 1 heterocycles. The van der Waals surface area contributed by atoms with E-state index in [2.05, 4.69) is 22.4 Å². The molecular weight excluding hydrogens is 257 g/mol. The number of benzene rings is 1. The number of hydrogen-bond donors (Lipinski definition) is 1. The summed E-state index contributed by atoms with van der Waals surface area (Å²) in [6.07, 6.45) is 4.21. The van der Waals surface area contributed by atoms with Crippen LogP contribution in [0.2, 0.25) is 0 Å². The van der Waals surface area contributed by atoms with Crippen molar-refractivity contribution in [3.63, 3.8) is 0 Å². The predicted molar refractivity (Wildman–Crippen MR) is 75.1 cm³/mol. The molecule has 2 aromatic rings. The fourth-order valence-electron chi connectivity index (χ4n) is 2.08. The van der Waals surface area contributed by atoms with E-state index in [9.17, 15) is 4.39 Å². The second-order valence-corrected chi connectivity index (χ2v) is 4.43. The standard InChI is InChI=1S/C15H18FN3O/c1-3-8-17-15(11-7-9-18-19-10-11)12-5-4-6-13(20-2)14(12)16/h4-7,9-10,15,17H,3,8H2,1-2H3. The van der Waals surface area contributed by atoms with Gasteiger partial charge in [-0.2, -0.15) is 10.2 Å². The highest BCUT2D eigenvalue weighted by atomic mass is 19.1. The van der Waals surface area contributed by atoms with Crippen molar-refractivity contribution < 1.29 is 9.13 Å². The summed E-state index contributed by atoms with van der Waals surface area (Å²) < 4.78 is 19.5. The largest absolute Gasteiger partial charge is 0.494 e. The van der Waals surface area contributed by atoms with Crippen molar-refractivity contribution in [1.82, 2.24) is 15.5 Å². The van der Waals surface area contributed by atoms with Gasteiger partial charge >= 0.3 is 0 Å². The first-order chi connectivity index (χ1) is 9.77. The average molecular weight is 275 g/mol. The first-order valence-electron chi connectivity index (χ1n) is 6.60. The molecule has 0 amide bonds. The third-order valence-electron chi connectivity index (χ3n) is 3.06. The van der Waals surface area contributed by atoms with Gasteiger partial charge in [0.25, 0.3) is 0 Å². The van der Waals surface area contributed by atoms with E-state index in [1.807, 2.05) is 6.07 Å². The van der Waals surface area contributed by atoms with E-state index in [0.717, 1.165) is 18.5 Å². The van der Waals surface area contributed by atoms with Crippen LogP contribution in [0.3, 0.4) is 0 Å². The number of aromatic nitrogens is 2. The lowest BCUT2D eigenvalue weighted by Gasteiger charge is -2.20. The lowest BCUT2D eigenvalue weighted by atomic mass is 9.99. The summed E-state index contributed by atoms with van der Waals surface area (Å²) in [6, 6.07) is 6.72. The quantitative estimate of drug-likeness (QED) is 0.880. The number of rotatable bonds is 6. The van der Waals surface area contributed by atoms with Gasteiger partial charge in [-0.25, -0.2) is 4.39 Å². The summed E-state index contributed by atoms with van der Waals surface area (Å²) in [7, 11) is 1.46. The van der Waals surface area contributed by atoms with E-state index < -0.39 is 0 Å². The molecule has 1 atom stereocenters. The average Bonchev–Trinajstić information content (AvgIpc) is 2.50. The lowest BCUT2D eigenvalue weighted by molar-refractivity contribution is 0.381. The SMILES string of the molecule is CCCNC(c1ccnnc1)c1cccc(OC)c1F. The van der Waals surface area contributed by atoms with Crippen molar-refractivity contribution in [1.29, 1.82) is 0 Å². The fourth-order valence-corrected chi connectivity index (χ4v) is 2.08. The Kier molecular flexibility index (Phi) is 5.01. The van der Waals surface area contributed by atoms with E-state index in [4.69, 9.17) is 4.74 Å². The van der Waals surface area contributed by atoms with E-state index >= 15 is 0 Å². The maximum absolute atomic E-state index is 14.4. The lowest BCUT2D eigenvalue weighted by Crippen LogP contribution is -2.24. The predicted octanol–water partition coefficient (Wildman–Crippen LogP) is 2.71. The van der Waals surface area contributed by atoms with Crippen LogP contribution in [0.25, 0.3) is 0 Å². The summed E-state index contributed by atoms with van der Waals surface area (Å²) in [6.45, 7) is 2.85. The Bertz CT molecular complexity index is 548. The first-order valence-corrected chi connectivity index (χ1v) is 6.60. The van der Waals surface area contributed by atoms with Crippen LogP contribution < -0.4 is 10.1 Å². The second kappa shape index (κ2) is 6.96. The summed E-state index contributed by atoms with van der Waals surface area (Å²) in [5, 5.41) is 11.0. The molecule has 1 N–H and O–H groups in total. The van der Waals surface area contributed by atoms with Crippen LogP contribution >= 0.6 is 0 Å². The number of nitrogens with one attached hydrogen (secondary N) is 1. The molecule has 0 aliphatic carbocycles. The van der Waals surface area contributed by atoms with Crippen LogP contribution in [-0.2, 0) is 0 Å². The molecule has 0 saturated carbocycles. The maximum Gasteiger partial charge on any atom is 0.170 e. The third-order valence-corrected chi connectivity index (χ3v) is 3.06. The molecule has 0 aliphatic rings. The highest BCUT2D eigenvalue weighted by Gasteiger charge is 2.19. The number of ether oxygens (including phenoxy) is 1. The Morgan fingerprint density at radius 2 is 2.15 bits per heavy atom. The Morgan fingerprint density at radius 1 is 1.30 bits per heavy atom. The zero-order valence-electron chi connectivity index (χ0n) is 11.6. The molecule has 0 saturated heterocycles. The van der Waals surface area contributed by atoms with Gasteiger partial charge in [-0.15, -0.1) is 0 Å². The molecule has 5 heteroatoms. The van der Waals surface area contributed by atoms with E-state index in [1.54, 1.807) is 30.6 Å². The topological polar surface area (TPSA) is 47.0 Å². The Labute approximate surface area is 118 Å². The highest BCUT2D eigenvalue weighted by molar-refractivity contribution is 5.37. The highest BCUT2D eigenvalue weighted by Crippen LogP contribution is 2.28. The minimum absolute atomic E-state index is 0.243. The molecule has 1 unspecified atom stereocenters. The van der Waals surface area contributed by atoms with Gasteiger partial charge in [0.2, 0.25) is 0 Å². The van der Waals surface area contributed by atoms with Gasteiger partial charge in [-0.3, -0.25) is 0 Å². The van der Waals surface area contributed by atoms with Gasteiger partial charge < -0.3 is 10.1 Å². The van der Waals surface area contributed by atoms with Crippen LogP contribution in [0.5, 0.6) is 5.75 Å². The molecule has 0 radical (unpaired) electrons. The number of methoxy groups -OCH3 is 1. The number of nitrogens with zero attached hydrogens (tertiary/aromatic N) is 2. The first kappa shape index (κ1) is 14.4. The molecule has 4 nitrogen and oxygen atoms in total. The van der Waals surface area contributed by atoms with Gasteiger partial charge in [-0.1, -0.05) is 19.1 Å². The smallest absolute Gasteiger partial charge is 0.170 e. The molecule has 1 aromatic heterocycles. The summed E-state index contributed by atoms with van der Waals surface area (Å²) in [4.78, 5) is 0. The molecule has 0 spiro atoms. The van der Waals surface area contributed by atoms with Crippen molar-refractivity contribution in [3.8, 4) is 5.75 Å². The Morgan fingerprint density at radius 3 is 2.80 bits per heavy atom. The van der Waals surface area contributed by atoms with Gasteiger partial charge in [-0.05, 0) is 30.7 Å². The Balaban J connectivity index is 2.41. The molecule has 0 aliphatic heterocycles. The van der Waals surface area contributed by atoms with Crippen molar-refractivity contribution in [2.45, 2.75) is 19.4 Å². The van der Waals surface area contributed by atoms with Gasteiger partial charge in [0.05, 0.1) is 19.3 Å². The minimum Gasteiger partial charge on any atom is -0.494 e. The molecule has 20 heavy (non-hydrogen) atoms. The Hall–Kier alpha value is -2.01. The zero-order valence-corrected chi connectivity index (χ0v) is 11.6. The monoisotopic (exact) mass is 275 g/mol. The van der Waals surface area contributed by atoms with Gasteiger partial charge in [0, 0.05) is 11.8 Å². The fraction of sp³-hybridized carbons (Fsp3) is 0.333. The third kappa shape index (κ3) is 3.11. The van der Waals surface area contributed by atoms with Crippen LogP contribution in [0.4, 0.5) is 4.39 Å². The van der Waals surface area contributed by atoms with Crippen molar-refractivity contribution in [3.05, 3.63) is 53.6 Å². The summed E-state index contributed by atoms with van der Waals surface area (Å²) >= 11 is 0. The van der Waals surface area contributed by atoms with E-state index in [-0.39, 0.29) is 17.6 Å². The number of hydrogen-bond acceptors (Lipinski definition) is 4. The normalized spacial score (nSPS) is 12.2. The molecule has 0 bridgehead atoms. The van der Waals surface area contributed by atoms with Crippen LogP contribution in [0.1, 0.15) is 30.5 Å². The van der Waals surface area contributed by atoms with Gasteiger partial charge in [0.15, 0.2) is 11.6 Å². The summed E-state index contributed by atoms with van der Waals surface area (Å²) in [5.41, 5.74) is 1.42. The second-order valence-electron chi connectivity index (χ2n) is 4.43. The van der Waals surface area contributed by atoms with Gasteiger partial charge in [0.1, 0.15) is 0 Å². The zero-order chi connectivity index (χ0) is 14.4. The van der Waals surface area contributed by atoms with E-state index in [0.29, 0.717) is 5.56 Å².